The van der Waals surface area contributed by atoms with Crippen LogP contribution in [0.1, 0.15) is 28.4 Å². The maximum atomic E-state index is 12.3. The molecule has 0 spiro atoms. The molecule has 1 aliphatic heterocycles. The van der Waals surface area contributed by atoms with Crippen molar-refractivity contribution in [3.63, 3.8) is 0 Å². The maximum Gasteiger partial charge on any atom is 0.251 e. The third-order valence-corrected chi connectivity index (χ3v) is 4.15. The quantitative estimate of drug-likeness (QED) is 0.897. The number of amides is 2. The van der Waals surface area contributed by atoms with Crippen LogP contribution in [0.2, 0.25) is 0 Å². The summed E-state index contributed by atoms with van der Waals surface area (Å²) in [6.07, 6.45) is 0. The van der Waals surface area contributed by atoms with Gasteiger partial charge < -0.3 is 19.7 Å². The fraction of sp³-hybridized carbons (Fsp3) is 0.300. The van der Waals surface area contributed by atoms with Crippen molar-refractivity contribution >= 4 is 17.5 Å². The number of fused-ring (bicyclic) bond motifs is 1. The molecule has 0 bridgehead atoms. The summed E-state index contributed by atoms with van der Waals surface area (Å²) >= 11 is 0. The van der Waals surface area contributed by atoms with Crippen LogP contribution in [0.15, 0.2) is 36.4 Å². The summed E-state index contributed by atoms with van der Waals surface area (Å²) in [5.74, 6) is 0.928. The highest BCUT2D eigenvalue weighted by molar-refractivity contribution is 5.95. The van der Waals surface area contributed by atoms with Crippen LogP contribution in [0, 0.1) is 13.8 Å². The fourth-order valence-electron chi connectivity index (χ4n) is 3.00. The third kappa shape index (κ3) is 3.96. The molecule has 6 heteroatoms. The number of ether oxygens (including phenoxy) is 2. The van der Waals surface area contributed by atoms with Gasteiger partial charge in [-0.2, -0.15) is 0 Å². The Morgan fingerprint density at radius 2 is 1.73 bits per heavy atom. The summed E-state index contributed by atoms with van der Waals surface area (Å²) in [6, 6.07) is 11.1. The van der Waals surface area contributed by atoms with Crippen LogP contribution in [-0.4, -0.2) is 31.7 Å². The minimum absolute atomic E-state index is 0.0627. The Balaban J connectivity index is 1.63. The molecule has 0 aliphatic carbocycles. The summed E-state index contributed by atoms with van der Waals surface area (Å²) in [5, 5.41) is 2.85. The van der Waals surface area contributed by atoms with Gasteiger partial charge in [-0.1, -0.05) is 6.07 Å². The van der Waals surface area contributed by atoms with Gasteiger partial charge in [0.25, 0.3) is 5.91 Å². The maximum absolute atomic E-state index is 12.3. The lowest BCUT2D eigenvalue weighted by molar-refractivity contribution is -0.116. The topological polar surface area (TPSA) is 67.9 Å². The molecule has 0 unspecified atom stereocenters. The van der Waals surface area contributed by atoms with E-state index in [1.165, 1.54) is 6.92 Å². The first-order valence-electron chi connectivity index (χ1n) is 8.48. The zero-order valence-corrected chi connectivity index (χ0v) is 15.2. The van der Waals surface area contributed by atoms with Gasteiger partial charge in [-0.3, -0.25) is 9.59 Å². The number of carbonyl (C=O) groups is 2. The van der Waals surface area contributed by atoms with Crippen molar-refractivity contribution in [3.05, 3.63) is 53.1 Å². The molecular weight excluding hydrogens is 332 g/mol. The van der Waals surface area contributed by atoms with E-state index >= 15 is 0 Å². The van der Waals surface area contributed by atoms with Crippen LogP contribution in [0.5, 0.6) is 11.5 Å². The molecule has 2 aromatic rings. The SMILES string of the molecule is CC(=O)N(CCNC(=O)c1ccc2c(c1)OCO2)c1cc(C)cc(C)c1. The molecule has 136 valence electrons. The molecule has 1 aliphatic rings. The number of hydrogen-bond acceptors (Lipinski definition) is 4. The van der Waals surface area contributed by atoms with Gasteiger partial charge in [0.15, 0.2) is 11.5 Å². The first kappa shape index (κ1) is 17.8. The normalized spacial score (nSPS) is 12.0. The zero-order valence-electron chi connectivity index (χ0n) is 15.2. The highest BCUT2D eigenvalue weighted by Crippen LogP contribution is 2.32. The Morgan fingerprint density at radius 1 is 1.04 bits per heavy atom. The third-order valence-electron chi connectivity index (χ3n) is 4.15. The van der Waals surface area contributed by atoms with Crippen LogP contribution in [0.3, 0.4) is 0 Å². The summed E-state index contributed by atoms with van der Waals surface area (Å²) in [6.45, 7) is 6.43. The second-order valence-electron chi connectivity index (χ2n) is 6.34. The number of nitrogens with one attached hydrogen (secondary N) is 1. The van der Waals surface area contributed by atoms with Crippen molar-refractivity contribution in [3.8, 4) is 11.5 Å². The van der Waals surface area contributed by atoms with Crippen LogP contribution >= 0.6 is 0 Å². The summed E-state index contributed by atoms with van der Waals surface area (Å²) < 4.78 is 10.5. The molecule has 2 aromatic carbocycles. The van der Waals surface area contributed by atoms with E-state index < -0.39 is 0 Å². The summed E-state index contributed by atoms with van der Waals surface area (Å²) in [4.78, 5) is 26.0. The van der Waals surface area contributed by atoms with Crippen LogP contribution < -0.4 is 19.7 Å². The number of nitrogens with zero attached hydrogens (tertiary/aromatic N) is 1. The van der Waals surface area contributed by atoms with E-state index in [2.05, 4.69) is 11.4 Å². The molecular formula is C20H22N2O4. The van der Waals surface area contributed by atoms with Gasteiger partial charge in [-0.15, -0.1) is 0 Å². The van der Waals surface area contributed by atoms with E-state index in [1.807, 2.05) is 26.0 Å². The number of aryl methyl sites for hydroxylation is 2. The lowest BCUT2D eigenvalue weighted by atomic mass is 10.1. The van der Waals surface area contributed by atoms with E-state index in [9.17, 15) is 9.59 Å². The van der Waals surface area contributed by atoms with Crippen molar-refractivity contribution in [2.45, 2.75) is 20.8 Å². The fourth-order valence-corrected chi connectivity index (χ4v) is 3.00. The predicted octanol–water partition coefficient (Wildman–Crippen LogP) is 2.82. The van der Waals surface area contributed by atoms with Gasteiger partial charge in [0.05, 0.1) is 0 Å². The minimum Gasteiger partial charge on any atom is -0.454 e. The van der Waals surface area contributed by atoms with Crippen molar-refractivity contribution in [2.24, 2.45) is 0 Å². The number of carbonyl (C=O) groups excluding carboxylic acids is 2. The number of anilines is 1. The highest BCUT2D eigenvalue weighted by Gasteiger charge is 2.17. The molecule has 0 fully saturated rings. The van der Waals surface area contributed by atoms with Crippen LogP contribution in [0.4, 0.5) is 5.69 Å². The van der Waals surface area contributed by atoms with Gasteiger partial charge in [0.1, 0.15) is 0 Å². The van der Waals surface area contributed by atoms with E-state index in [4.69, 9.17) is 9.47 Å². The van der Waals surface area contributed by atoms with Crippen molar-refractivity contribution in [2.75, 3.05) is 24.8 Å². The van der Waals surface area contributed by atoms with Gasteiger partial charge in [0.2, 0.25) is 12.7 Å². The lowest BCUT2D eigenvalue weighted by Gasteiger charge is -2.22. The average Bonchev–Trinajstić information content (AvgIpc) is 3.04. The average molecular weight is 354 g/mol. The highest BCUT2D eigenvalue weighted by atomic mass is 16.7. The lowest BCUT2D eigenvalue weighted by Crippen LogP contribution is -2.37. The molecule has 2 amide bonds. The Hall–Kier alpha value is -3.02. The van der Waals surface area contributed by atoms with Crippen molar-refractivity contribution in [1.29, 1.82) is 0 Å². The van der Waals surface area contributed by atoms with Crippen LogP contribution in [0.25, 0.3) is 0 Å². The van der Waals surface area contributed by atoms with E-state index in [1.54, 1.807) is 23.1 Å². The number of hydrogen-bond donors (Lipinski definition) is 1. The Labute approximate surface area is 152 Å². The second kappa shape index (κ2) is 7.47. The molecule has 0 saturated carbocycles. The molecule has 0 saturated heterocycles. The van der Waals surface area contributed by atoms with Gasteiger partial charge in [-0.25, -0.2) is 0 Å². The minimum atomic E-state index is -0.216. The van der Waals surface area contributed by atoms with Gasteiger partial charge in [0, 0.05) is 31.3 Å². The first-order chi connectivity index (χ1) is 12.4. The molecule has 26 heavy (non-hydrogen) atoms. The summed E-state index contributed by atoms with van der Waals surface area (Å²) in [7, 11) is 0. The molecule has 0 aromatic heterocycles. The smallest absolute Gasteiger partial charge is 0.251 e. The summed E-state index contributed by atoms with van der Waals surface area (Å²) in [5.41, 5.74) is 3.52. The van der Waals surface area contributed by atoms with E-state index in [0.29, 0.717) is 30.2 Å². The Bertz CT molecular complexity index is 827. The van der Waals surface area contributed by atoms with Crippen molar-refractivity contribution in [1.82, 2.24) is 5.32 Å². The van der Waals surface area contributed by atoms with Crippen LogP contribution in [-0.2, 0) is 4.79 Å². The largest absolute Gasteiger partial charge is 0.454 e. The van der Waals surface area contributed by atoms with E-state index in [-0.39, 0.29) is 18.6 Å². The number of rotatable bonds is 5. The van der Waals surface area contributed by atoms with Crippen molar-refractivity contribution < 1.29 is 19.1 Å². The molecule has 1 N–H and O–H groups in total. The second-order valence-corrected chi connectivity index (χ2v) is 6.34. The number of benzene rings is 2. The van der Waals surface area contributed by atoms with Gasteiger partial charge >= 0.3 is 0 Å². The van der Waals surface area contributed by atoms with Gasteiger partial charge in [-0.05, 0) is 55.3 Å². The molecule has 0 atom stereocenters. The Morgan fingerprint density at radius 3 is 2.42 bits per heavy atom. The van der Waals surface area contributed by atoms with E-state index in [0.717, 1.165) is 16.8 Å². The molecule has 6 nitrogen and oxygen atoms in total. The first-order valence-corrected chi connectivity index (χ1v) is 8.48. The monoisotopic (exact) mass is 354 g/mol. The zero-order chi connectivity index (χ0) is 18.7. The standard InChI is InChI=1S/C20H22N2O4/c1-13-8-14(2)10-17(9-13)22(15(3)23)7-6-21-20(24)16-4-5-18-19(11-16)26-12-25-18/h4-5,8-11H,6-7,12H2,1-3H3,(H,21,24). The predicted molar refractivity (Wildman–Crippen MR) is 98.8 cm³/mol. The molecule has 0 radical (unpaired) electrons. The molecule has 1 heterocycles. The Kier molecular flexibility index (Phi) is 5.11. The molecule has 3 rings (SSSR count).